The van der Waals surface area contributed by atoms with Crippen LogP contribution in [0.3, 0.4) is 0 Å². The molecule has 3 rings (SSSR count). The van der Waals surface area contributed by atoms with E-state index >= 15 is 0 Å². The van der Waals surface area contributed by atoms with E-state index in [1.54, 1.807) is 6.20 Å². The maximum Gasteiger partial charge on any atom is 0.254 e. The van der Waals surface area contributed by atoms with Crippen molar-refractivity contribution in [2.45, 2.75) is 18.9 Å². The minimum Gasteiger partial charge on any atom is -0.378 e. The smallest absolute Gasteiger partial charge is 0.254 e. The molecule has 1 amide bonds. The van der Waals surface area contributed by atoms with E-state index < -0.39 is 0 Å². The Kier molecular flexibility index (Phi) is 4.09. The van der Waals surface area contributed by atoms with Gasteiger partial charge in [-0.15, -0.1) is 0 Å². The summed E-state index contributed by atoms with van der Waals surface area (Å²) in [6.45, 7) is 0.798. The minimum absolute atomic E-state index is 0.0942. The number of carbonyl (C=O) groups excluding carboxylic acids is 1. The molecule has 1 unspecified atom stereocenters. The van der Waals surface area contributed by atoms with Gasteiger partial charge in [-0.1, -0.05) is 12.1 Å². The quantitative estimate of drug-likeness (QED) is 0.873. The van der Waals surface area contributed by atoms with Gasteiger partial charge in [-0.3, -0.25) is 9.78 Å². The first-order chi connectivity index (χ1) is 10.7. The molecule has 1 saturated heterocycles. The molecular weight excluding hydrogens is 274 g/mol. The number of pyridine rings is 1. The third-order valence-corrected chi connectivity index (χ3v) is 4.15. The first-order valence-corrected chi connectivity index (χ1v) is 7.66. The molecule has 2 heterocycles. The Balaban J connectivity index is 1.86. The number of nitrogens with zero attached hydrogens (tertiary/aromatic N) is 3. The molecule has 0 spiro atoms. The number of hydrogen-bond acceptors (Lipinski definition) is 3. The van der Waals surface area contributed by atoms with Crippen molar-refractivity contribution < 1.29 is 4.79 Å². The summed E-state index contributed by atoms with van der Waals surface area (Å²) in [5.41, 5.74) is 2.77. The number of amides is 1. The zero-order valence-electron chi connectivity index (χ0n) is 13.1. The third kappa shape index (κ3) is 2.82. The summed E-state index contributed by atoms with van der Waals surface area (Å²) < 4.78 is 0. The van der Waals surface area contributed by atoms with E-state index in [-0.39, 0.29) is 11.9 Å². The van der Waals surface area contributed by atoms with Gasteiger partial charge < -0.3 is 9.80 Å². The predicted molar refractivity (Wildman–Crippen MR) is 88.0 cm³/mol. The molecule has 0 aliphatic carbocycles. The average molecular weight is 295 g/mol. The van der Waals surface area contributed by atoms with E-state index in [0.717, 1.165) is 36.3 Å². The van der Waals surface area contributed by atoms with Crippen LogP contribution >= 0.6 is 0 Å². The molecule has 0 saturated carbocycles. The van der Waals surface area contributed by atoms with E-state index in [1.807, 2.05) is 66.4 Å². The van der Waals surface area contributed by atoms with Crippen LogP contribution in [-0.4, -0.2) is 36.4 Å². The second-order valence-corrected chi connectivity index (χ2v) is 5.86. The van der Waals surface area contributed by atoms with E-state index in [2.05, 4.69) is 4.98 Å². The highest BCUT2D eigenvalue weighted by atomic mass is 16.2. The molecule has 1 atom stereocenters. The van der Waals surface area contributed by atoms with Crippen LogP contribution in [0.25, 0.3) is 0 Å². The van der Waals surface area contributed by atoms with Gasteiger partial charge in [0.1, 0.15) is 0 Å². The Morgan fingerprint density at radius 1 is 1.23 bits per heavy atom. The SMILES string of the molecule is CN(C)c1cccc(C(=O)N2CCCC2c2ccccn2)c1. The fraction of sp³-hybridized carbons (Fsp3) is 0.333. The van der Waals surface area contributed by atoms with Crippen LogP contribution in [0.5, 0.6) is 0 Å². The molecule has 1 aromatic heterocycles. The summed E-state index contributed by atoms with van der Waals surface area (Å²) >= 11 is 0. The van der Waals surface area contributed by atoms with Crippen molar-refractivity contribution in [3.05, 3.63) is 59.9 Å². The highest BCUT2D eigenvalue weighted by Gasteiger charge is 2.31. The lowest BCUT2D eigenvalue weighted by atomic mass is 10.1. The molecule has 4 nitrogen and oxygen atoms in total. The maximum atomic E-state index is 12.9. The predicted octanol–water partition coefficient (Wildman–Crippen LogP) is 3.12. The minimum atomic E-state index is 0.0942. The van der Waals surface area contributed by atoms with Crippen molar-refractivity contribution in [1.82, 2.24) is 9.88 Å². The molecule has 1 aliphatic rings. The van der Waals surface area contributed by atoms with Gasteiger partial charge in [0.15, 0.2) is 0 Å². The normalized spacial score (nSPS) is 17.5. The van der Waals surface area contributed by atoms with E-state index in [1.165, 1.54) is 0 Å². The van der Waals surface area contributed by atoms with Gasteiger partial charge >= 0.3 is 0 Å². The van der Waals surface area contributed by atoms with Gasteiger partial charge in [0, 0.05) is 38.1 Å². The second kappa shape index (κ2) is 6.18. The van der Waals surface area contributed by atoms with Crippen LogP contribution < -0.4 is 4.90 Å². The van der Waals surface area contributed by atoms with Gasteiger partial charge in [0.05, 0.1) is 11.7 Å². The summed E-state index contributed by atoms with van der Waals surface area (Å²) in [5.74, 6) is 0.0943. The summed E-state index contributed by atoms with van der Waals surface area (Å²) in [6, 6.07) is 13.8. The zero-order valence-corrected chi connectivity index (χ0v) is 13.1. The van der Waals surface area contributed by atoms with Crippen molar-refractivity contribution in [1.29, 1.82) is 0 Å². The monoisotopic (exact) mass is 295 g/mol. The summed E-state index contributed by atoms with van der Waals surface area (Å²) in [5, 5.41) is 0. The first-order valence-electron chi connectivity index (χ1n) is 7.66. The molecule has 0 radical (unpaired) electrons. The highest BCUT2D eigenvalue weighted by Crippen LogP contribution is 2.32. The van der Waals surface area contributed by atoms with Gasteiger partial charge in [-0.25, -0.2) is 0 Å². The second-order valence-electron chi connectivity index (χ2n) is 5.86. The molecule has 0 bridgehead atoms. The van der Waals surface area contributed by atoms with E-state index in [4.69, 9.17) is 0 Å². The summed E-state index contributed by atoms with van der Waals surface area (Å²) in [6.07, 6.45) is 3.81. The molecule has 1 fully saturated rings. The van der Waals surface area contributed by atoms with Crippen molar-refractivity contribution in [2.75, 3.05) is 25.5 Å². The van der Waals surface area contributed by atoms with Crippen LogP contribution in [0, 0.1) is 0 Å². The average Bonchev–Trinajstić information content (AvgIpc) is 3.04. The number of carbonyl (C=O) groups is 1. The van der Waals surface area contributed by atoms with Crippen LogP contribution in [0.1, 0.15) is 34.9 Å². The van der Waals surface area contributed by atoms with Crippen molar-refractivity contribution >= 4 is 11.6 Å². The number of aromatic nitrogens is 1. The van der Waals surface area contributed by atoms with Crippen LogP contribution in [0.15, 0.2) is 48.7 Å². The number of likely N-dealkylation sites (tertiary alicyclic amines) is 1. The van der Waals surface area contributed by atoms with Crippen LogP contribution in [0.4, 0.5) is 5.69 Å². The maximum absolute atomic E-state index is 12.9. The molecule has 0 N–H and O–H groups in total. The first kappa shape index (κ1) is 14.6. The Morgan fingerprint density at radius 2 is 2.09 bits per heavy atom. The molecule has 1 aliphatic heterocycles. The summed E-state index contributed by atoms with van der Waals surface area (Å²) in [7, 11) is 3.96. The van der Waals surface area contributed by atoms with Crippen molar-refractivity contribution in [3.8, 4) is 0 Å². The van der Waals surface area contributed by atoms with Gasteiger partial charge in [0.25, 0.3) is 5.91 Å². The van der Waals surface area contributed by atoms with Crippen LogP contribution in [0.2, 0.25) is 0 Å². The number of anilines is 1. The van der Waals surface area contributed by atoms with Crippen LogP contribution in [-0.2, 0) is 0 Å². The lowest BCUT2D eigenvalue weighted by Gasteiger charge is -2.25. The number of benzene rings is 1. The lowest BCUT2D eigenvalue weighted by Crippen LogP contribution is -2.31. The Labute approximate surface area is 131 Å². The van der Waals surface area contributed by atoms with E-state index in [0.29, 0.717) is 0 Å². The third-order valence-electron chi connectivity index (χ3n) is 4.15. The standard InChI is InChI=1S/C18H21N3O/c1-20(2)15-8-5-7-14(13-15)18(22)21-12-6-10-17(21)16-9-3-4-11-19-16/h3-5,7-9,11,13,17H,6,10,12H2,1-2H3. The van der Waals surface area contributed by atoms with Gasteiger partial charge in [0.2, 0.25) is 0 Å². The topological polar surface area (TPSA) is 36.4 Å². The number of hydrogen-bond donors (Lipinski definition) is 0. The molecule has 1 aromatic carbocycles. The van der Waals surface area contributed by atoms with Gasteiger partial charge in [-0.2, -0.15) is 0 Å². The largest absolute Gasteiger partial charge is 0.378 e. The molecule has 114 valence electrons. The lowest BCUT2D eigenvalue weighted by molar-refractivity contribution is 0.0733. The fourth-order valence-corrected chi connectivity index (χ4v) is 2.97. The molecule has 4 heteroatoms. The Morgan fingerprint density at radius 3 is 2.82 bits per heavy atom. The Bertz CT molecular complexity index is 654. The number of rotatable bonds is 3. The fourth-order valence-electron chi connectivity index (χ4n) is 2.97. The highest BCUT2D eigenvalue weighted by molar-refractivity contribution is 5.95. The van der Waals surface area contributed by atoms with Crippen molar-refractivity contribution in [2.24, 2.45) is 0 Å². The van der Waals surface area contributed by atoms with Crippen molar-refractivity contribution in [3.63, 3.8) is 0 Å². The molecule has 2 aromatic rings. The zero-order chi connectivity index (χ0) is 15.5. The molecular formula is C18H21N3O. The summed E-state index contributed by atoms with van der Waals surface area (Å²) in [4.78, 5) is 21.3. The Hall–Kier alpha value is -2.36. The van der Waals surface area contributed by atoms with E-state index in [9.17, 15) is 4.79 Å². The molecule has 22 heavy (non-hydrogen) atoms. The van der Waals surface area contributed by atoms with Gasteiger partial charge in [-0.05, 0) is 43.2 Å².